The number of hydrogen-bond donors (Lipinski definition) is 2. The lowest BCUT2D eigenvalue weighted by Crippen LogP contribution is -2.64. The molecule has 2 N–H and O–H groups in total. The maximum Gasteiger partial charge on any atom is 0.319 e. The van der Waals surface area contributed by atoms with Crippen molar-refractivity contribution in [2.75, 3.05) is 18.4 Å². The standard InChI is InChI=1S/C26H28N4OS/c31-26(28-21-7-4-10-23(17-21)32-22-8-2-1-3-9-22)29-25-20-11-14-30(15-12-20)24(25)16-19-6-5-13-27-18-19/h1-10,13,17-18,20,24-25H,11-12,14-16H2,(H2,28,29,31)/t24-,25-/m0/s1. The molecule has 5 nitrogen and oxygen atoms in total. The first kappa shape index (κ1) is 21.0. The second-order valence-electron chi connectivity index (χ2n) is 8.57. The molecule has 4 heterocycles. The number of carbonyl (C=O) groups excluding carboxylic acids is 1. The smallest absolute Gasteiger partial charge is 0.319 e. The van der Waals surface area contributed by atoms with Crippen LogP contribution in [-0.4, -0.2) is 41.1 Å². The van der Waals surface area contributed by atoms with Gasteiger partial charge in [0.15, 0.2) is 0 Å². The van der Waals surface area contributed by atoms with Gasteiger partial charge < -0.3 is 10.6 Å². The highest BCUT2D eigenvalue weighted by Gasteiger charge is 2.42. The second kappa shape index (κ2) is 9.76. The molecule has 0 unspecified atom stereocenters. The largest absolute Gasteiger partial charge is 0.333 e. The Balaban J connectivity index is 1.25. The van der Waals surface area contributed by atoms with Gasteiger partial charge in [0.1, 0.15) is 0 Å². The molecule has 6 heteroatoms. The summed E-state index contributed by atoms with van der Waals surface area (Å²) in [7, 11) is 0. The number of pyridine rings is 1. The fourth-order valence-electron chi connectivity index (χ4n) is 4.96. The average molecular weight is 445 g/mol. The Bertz CT molecular complexity index is 1040. The lowest BCUT2D eigenvalue weighted by molar-refractivity contribution is 0.0184. The van der Waals surface area contributed by atoms with Crippen molar-refractivity contribution in [3.05, 3.63) is 84.7 Å². The van der Waals surface area contributed by atoms with Crippen LogP contribution in [0.1, 0.15) is 18.4 Å². The molecule has 3 aromatic rings. The number of aromatic nitrogens is 1. The van der Waals surface area contributed by atoms with Crippen LogP contribution in [0.25, 0.3) is 0 Å². The van der Waals surface area contributed by atoms with Crippen molar-refractivity contribution in [1.82, 2.24) is 15.2 Å². The topological polar surface area (TPSA) is 57.3 Å². The molecule has 3 aliphatic heterocycles. The molecule has 6 rings (SSSR count). The maximum atomic E-state index is 13.0. The number of nitrogens with one attached hydrogen (secondary N) is 2. The van der Waals surface area contributed by atoms with E-state index in [1.54, 1.807) is 11.8 Å². The number of urea groups is 1. The maximum absolute atomic E-state index is 13.0. The van der Waals surface area contributed by atoms with Crippen LogP contribution in [0.2, 0.25) is 0 Å². The molecule has 2 amide bonds. The number of amides is 2. The Morgan fingerprint density at radius 3 is 2.59 bits per heavy atom. The minimum Gasteiger partial charge on any atom is -0.333 e. The van der Waals surface area contributed by atoms with Crippen molar-refractivity contribution in [3.63, 3.8) is 0 Å². The van der Waals surface area contributed by atoms with E-state index in [9.17, 15) is 4.79 Å². The number of piperidine rings is 3. The van der Waals surface area contributed by atoms with E-state index < -0.39 is 0 Å². The van der Waals surface area contributed by atoms with E-state index >= 15 is 0 Å². The van der Waals surface area contributed by atoms with Gasteiger partial charge in [-0.2, -0.15) is 0 Å². The normalized spacial score (nSPS) is 24.1. The van der Waals surface area contributed by atoms with Crippen LogP contribution in [0, 0.1) is 5.92 Å². The molecule has 3 saturated heterocycles. The van der Waals surface area contributed by atoms with Crippen LogP contribution in [-0.2, 0) is 6.42 Å². The van der Waals surface area contributed by atoms with E-state index in [-0.39, 0.29) is 12.1 Å². The van der Waals surface area contributed by atoms with Crippen LogP contribution in [0.3, 0.4) is 0 Å². The van der Waals surface area contributed by atoms with E-state index in [4.69, 9.17) is 0 Å². The number of fused-ring (bicyclic) bond motifs is 3. The third-order valence-corrected chi connectivity index (χ3v) is 7.50. The molecule has 3 fully saturated rings. The molecular weight excluding hydrogens is 416 g/mol. The first-order valence-corrected chi connectivity index (χ1v) is 12.1. The van der Waals surface area contributed by atoms with E-state index in [2.05, 4.69) is 44.8 Å². The van der Waals surface area contributed by atoms with Gasteiger partial charge in [0.05, 0.1) is 0 Å². The SMILES string of the molecule is O=C(Nc1cccc(Sc2ccccc2)c1)N[C@H]1C2CCN(CC2)[C@H]1Cc1cccnc1. The van der Waals surface area contributed by atoms with Gasteiger partial charge in [-0.1, -0.05) is 42.1 Å². The Morgan fingerprint density at radius 2 is 1.81 bits per heavy atom. The molecule has 2 bridgehead atoms. The monoisotopic (exact) mass is 444 g/mol. The third kappa shape index (κ3) is 4.97. The van der Waals surface area contributed by atoms with E-state index in [0.717, 1.165) is 42.9 Å². The van der Waals surface area contributed by atoms with Gasteiger partial charge in [-0.15, -0.1) is 0 Å². The molecule has 3 aliphatic rings. The average Bonchev–Trinajstić information content (AvgIpc) is 2.83. The summed E-state index contributed by atoms with van der Waals surface area (Å²) in [6.45, 7) is 2.24. The fourth-order valence-corrected chi connectivity index (χ4v) is 5.86. The van der Waals surface area contributed by atoms with Crippen molar-refractivity contribution in [2.45, 2.75) is 41.1 Å². The van der Waals surface area contributed by atoms with Crippen molar-refractivity contribution in [1.29, 1.82) is 0 Å². The Hall–Kier alpha value is -2.83. The van der Waals surface area contributed by atoms with Gasteiger partial charge in [-0.05, 0) is 80.2 Å². The minimum absolute atomic E-state index is 0.123. The summed E-state index contributed by atoms with van der Waals surface area (Å²) >= 11 is 1.69. The van der Waals surface area contributed by atoms with Gasteiger partial charge in [-0.3, -0.25) is 9.88 Å². The zero-order valence-electron chi connectivity index (χ0n) is 18.0. The number of nitrogens with zero attached hydrogens (tertiary/aromatic N) is 2. The first-order chi connectivity index (χ1) is 15.7. The highest BCUT2D eigenvalue weighted by Crippen LogP contribution is 2.34. The zero-order chi connectivity index (χ0) is 21.8. The molecule has 1 aromatic heterocycles. The van der Waals surface area contributed by atoms with Crippen LogP contribution in [0.5, 0.6) is 0 Å². The van der Waals surface area contributed by atoms with Crippen LogP contribution >= 0.6 is 11.8 Å². The molecular formula is C26H28N4OS. The van der Waals surface area contributed by atoms with Gasteiger partial charge in [0.25, 0.3) is 0 Å². The first-order valence-electron chi connectivity index (χ1n) is 11.3. The Kier molecular flexibility index (Phi) is 6.41. The molecule has 2 atom stereocenters. The van der Waals surface area contributed by atoms with Crippen LogP contribution in [0.15, 0.2) is 88.9 Å². The van der Waals surface area contributed by atoms with Gasteiger partial charge in [-0.25, -0.2) is 4.79 Å². The molecule has 0 radical (unpaired) electrons. The van der Waals surface area contributed by atoms with Crippen molar-refractivity contribution in [3.8, 4) is 0 Å². The minimum atomic E-state index is -0.123. The quantitative estimate of drug-likeness (QED) is 0.558. The lowest BCUT2D eigenvalue weighted by atomic mass is 9.77. The van der Waals surface area contributed by atoms with Crippen LogP contribution < -0.4 is 10.6 Å². The number of hydrogen-bond acceptors (Lipinski definition) is 4. The molecule has 164 valence electrons. The summed E-state index contributed by atoms with van der Waals surface area (Å²) in [4.78, 5) is 22.1. The zero-order valence-corrected chi connectivity index (χ0v) is 18.8. The van der Waals surface area contributed by atoms with E-state index in [0.29, 0.717) is 12.0 Å². The van der Waals surface area contributed by atoms with Crippen molar-refractivity contribution in [2.24, 2.45) is 5.92 Å². The third-order valence-electron chi connectivity index (χ3n) is 6.50. The van der Waals surface area contributed by atoms with Crippen molar-refractivity contribution >= 4 is 23.5 Å². The lowest BCUT2D eigenvalue weighted by Gasteiger charge is -2.51. The fraction of sp³-hybridized carbons (Fsp3) is 0.308. The van der Waals surface area contributed by atoms with Gasteiger partial charge in [0.2, 0.25) is 0 Å². The summed E-state index contributed by atoms with van der Waals surface area (Å²) in [5.74, 6) is 0.535. The summed E-state index contributed by atoms with van der Waals surface area (Å²) in [6, 6.07) is 22.8. The molecule has 0 spiro atoms. The summed E-state index contributed by atoms with van der Waals surface area (Å²) < 4.78 is 0. The Labute approximate surface area is 193 Å². The molecule has 32 heavy (non-hydrogen) atoms. The molecule has 0 aliphatic carbocycles. The van der Waals surface area contributed by atoms with Crippen LogP contribution in [0.4, 0.5) is 10.5 Å². The number of anilines is 1. The van der Waals surface area contributed by atoms with E-state index in [1.807, 2.05) is 54.9 Å². The molecule has 2 aromatic carbocycles. The molecule has 0 saturated carbocycles. The summed E-state index contributed by atoms with van der Waals surface area (Å²) in [6.07, 6.45) is 6.97. The predicted molar refractivity (Wildman–Crippen MR) is 129 cm³/mol. The number of benzene rings is 2. The second-order valence-corrected chi connectivity index (χ2v) is 9.72. The highest BCUT2D eigenvalue weighted by atomic mass is 32.2. The van der Waals surface area contributed by atoms with E-state index in [1.165, 1.54) is 10.5 Å². The highest BCUT2D eigenvalue weighted by molar-refractivity contribution is 7.99. The number of carbonyl (C=O) groups is 1. The van der Waals surface area contributed by atoms with Gasteiger partial charge >= 0.3 is 6.03 Å². The summed E-state index contributed by atoms with van der Waals surface area (Å²) in [5.41, 5.74) is 2.04. The van der Waals surface area contributed by atoms with Gasteiger partial charge in [0, 0.05) is 40.0 Å². The van der Waals surface area contributed by atoms with Crippen molar-refractivity contribution < 1.29 is 4.79 Å². The Morgan fingerprint density at radius 1 is 1.00 bits per heavy atom. The number of rotatable bonds is 6. The summed E-state index contributed by atoms with van der Waals surface area (Å²) in [5, 5.41) is 6.38. The predicted octanol–water partition coefficient (Wildman–Crippen LogP) is 5.06.